The quantitative estimate of drug-likeness (QED) is 0.0598. The van der Waals surface area contributed by atoms with Gasteiger partial charge in [-0.2, -0.15) is 0 Å². The Morgan fingerprint density at radius 2 is 1.27 bits per heavy atom. The highest BCUT2D eigenvalue weighted by Gasteiger charge is 2.58. The van der Waals surface area contributed by atoms with Crippen LogP contribution in [0.15, 0.2) is 18.6 Å². The lowest BCUT2D eigenvalue weighted by atomic mass is 9.99. The first kappa shape index (κ1) is 42.1. The van der Waals surface area contributed by atoms with Crippen molar-refractivity contribution in [3.63, 3.8) is 0 Å². The summed E-state index contributed by atoms with van der Waals surface area (Å²) in [5, 5.41) is 106. The minimum absolute atomic E-state index is 0.00431. The number of hydrogen-bond acceptors (Lipinski definition) is 20. The second-order valence-electron chi connectivity index (χ2n) is 13.5. The van der Waals surface area contributed by atoms with E-state index in [1.807, 2.05) is 6.92 Å². The van der Waals surface area contributed by atoms with Crippen molar-refractivity contribution in [2.45, 2.75) is 138 Å². The second kappa shape index (κ2) is 18.4. The molecule has 6 heterocycles. The first-order valence-corrected chi connectivity index (χ1v) is 18.4. The van der Waals surface area contributed by atoms with E-state index in [9.17, 15) is 40.9 Å². The molecule has 23 nitrogen and oxygen atoms in total. The van der Waals surface area contributed by atoms with E-state index in [0.717, 1.165) is 6.42 Å². The molecule has 8 N–H and O–H groups in total. The predicted molar refractivity (Wildman–Crippen MR) is 179 cm³/mol. The Kier molecular flexibility index (Phi) is 14.0. The van der Waals surface area contributed by atoms with E-state index in [1.165, 1.54) is 15.6 Å². The van der Waals surface area contributed by atoms with Crippen molar-refractivity contribution in [2.75, 3.05) is 12.5 Å². The molecule has 0 aliphatic carbocycles. The van der Waals surface area contributed by atoms with E-state index >= 15 is 0 Å². The molecule has 3 saturated heterocycles. The largest absolute Gasteiger partial charge is 0.394 e. The van der Waals surface area contributed by atoms with Crippen molar-refractivity contribution in [3.8, 4) is 0 Å². The summed E-state index contributed by atoms with van der Waals surface area (Å²) in [6.45, 7) is 1.89. The van der Waals surface area contributed by atoms with Gasteiger partial charge in [0.15, 0.2) is 12.6 Å². The molecular formula is C30H45Cl2N9O14. The van der Waals surface area contributed by atoms with Crippen molar-refractivity contribution < 1.29 is 69.3 Å². The van der Waals surface area contributed by atoms with E-state index in [1.54, 1.807) is 17.1 Å². The number of aliphatic hydroxyl groups excluding tert-OH is 8. The molecule has 0 radical (unpaired) electrons. The Bertz CT molecular complexity index is 1660. The number of aromatic nitrogens is 9. The molecule has 55 heavy (non-hydrogen) atoms. The number of halogens is 2. The van der Waals surface area contributed by atoms with Crippen molar-refractivity contribution >= 4 is 23.2 Å². The van der Waals surface area contributed by atoms with Gasteiger partial charge in [-0.1, -0.05) is 22.6 Å². The minimum atomic E-state index is -2.07. The smallest absolute Gasteiger partial charge is 0.214 e. The lowest BCUT2D eigenvalue weighted by Crippen LogP contribution is -2.61. The van der Waals surface area contributed by atoms with E-state index < -0.39 is 97.3 Å². The van der Waals surface area contributed by atoms with Crippen LogP contribution in [0.1, 0.15) is 30.4 Å². The zero-order valence-electron chi connectivity index (χ0n) is 29.4. The number of rotatable bonds is 17. The van der Waals surface area contributed by atoms with Crippen molar-refractivity contribution in [1.82, 2.24) is 45.0 Å². The lowest BCUT2D eigenvalue weighted by Gasteiger charge is -2.43. The molecule has 308 valence electrons. The zero-order valence-corrected chi connectivity index (χ0v) is 30.9. The molecule has 25 heteroatoms. The molecule has 0 saturated carbocycles. The number of aliphatic hydroxyl groups is 8. The standard InChI is InChI=1S/C30H45Cl2N9O14/c1-2-3-39-4-16(35-36-39)12-51-28-26(48)24(46)21(43)17(52-28)7-40-5-14(33-37-40)10-50-11-15-6-41(38-34-15)8-18-22(44)27(49)30(13-31,54-18)55-29-25(47)23(45)20(32)19(9-42)53-29/h4-6,17-29,42-49H,2-3,7-13H2,1H3/t17?,18?,19-,20+,21+,22+,23+,24+,25-,26+,27+,28-,29-,30+/m1/s1. The van der Waals surface area contributed by atoms with E-state index in [4.69, 9.17) is 51.6 Å². The van der Waals surface area contributed by atoms with Crippen LogP contribution in [0.3, 0.4) is 0 Å². The third kappa shape index (κ3) is 9.44. The van der Waals surface area contributed by atoms with Crippen LogP contribution in [0.25, 0.3) is 0 Å². The summed E-state index contributed by atoms with van der Waals surface area (Å²) >= 11 is 12.1. The fourth-order valence-electron chi connectivity index (χ4n) is 6.31. The third-order valence-corrected chi connectivity index (χ3v) is 10.2. The van der Waals surface area contributed by atoms with Gasteiger partial charge in [0, 0.05) is 6.54 Å². The fraction of sp³-hybridized carbons (Fsp3) is 0.800. The van der Waals surface area contributed by atoms with Gasteiger partial charge in [-0.15, -0.1) is 38.5 Å². The molecule has 0 spiro atoms. The van der Waals surface area contributed by atoms with Gasteiger partial charge in [0.05, 0.1) is 69.4 Å². The summed E-state index contributed by atoms with van der Waals surface area (Å²) in [6.07, 6.45) is -11.5. The predicted octanol–water partition coefficient (Wildman–Crippen LogP) is -4.27. The third-order valence-electron chi connectivity index (χ3n) is 9.32. The van der Waals surface area contributed by atoms with Crippen LogP contribution < -0.4 is 0 Å². The van der Waals surface area contributed by atoms with Crippen LogP contribution >= 0.6 is 23.2 Å². The Labute approximate surface area is 322 Å². The summed E-state index contributed by atoms with van der Waals surface area (Å²) in [5.41, 5.74) is 1.32. The van der Waals surface area contributed by atoms with Gasteiger partial charge in [0.1, 0.15) is 78.1 Å². The van der Waals surface area contributed by atoms with Crippen LogP contribution in [-0.4, -0.2) is 183 Å². The summed E-state index contributed by atoms with van der Waals surface area (Å²) in [4.78, 5) is 0. The van der Waals surface area contributed by atoms with Gasteiger partial charge >= 0.3 is 0 Å². The molecule has 0 bridgehead atoms. The summed E-state index contributed by atoms with van der Waals surface area (Å²) in [6, 6.07) is 0. The monoisotopic (exact) mass is 825 g/mol. The maximum absolute atomic E-state index is 10.9. The minimum Gasteiger partial charge on any atom is -0.394 e. The molecule has 6 rings (SSSR count). The van der Waals surface area contributed by atoms with Crippen LogP contribution in [-0.2, 0) is 67.9 Å². The van der Waals surface area contributed by atoms with E-state index in [0.29, 0.717) is 23.6 Å². The van der Waals surface area contributed by atoms with Crippen molar-refractivity contribution in [2.24, 2.45) is 0 Å². The first-order chi connectivity index (χ1) is 26.4. The molecule has 14 atom stereocenters. The zero-order chi connectivity index (χ0) is 39.4. The Morgan fingerprint density at radius 3 is 1.89 bits per heavy atom. The summed E-state index contributed by atoms with van der Waals surface area (Å²) in [7, 11) is 0. The lowest BCUT2D eigenvalue weighted by molar-refractivity contribution is -0.358. The highest BCUT2D eigenvalue weighted by atomic mass is 35.5. The van der Waals surface area contributed by atoms with Crippen LogP contribution in [0.5, 0.6) is 0 Å². The summed E-state index contributed by atoms with van der Waals surface area (Å²) < 4.78 is 38.6. The maximum atomic E-state index is 10.9. The maximum Gasteiger partial charge on any atom is 0.214 e. The number of ether oxygens (including phenoxy) is 6. The van der Waals surface area contributed by atoms with Gasteiger partial charge in [0.2, 0.25) is 5.79 Å². The number of aryl methyl sites for hydroxylation is 1. The SMILES string of the molecule is CCCn1cc(CO[C@@H]2OC(Cn3cc(COCc4cn(CC5O[C@@](CCl)(O[C@H]6O[C@H](CO)[C@H](Cl)[C@H](O)[C@H]6O)[C@@H](O)[C@H]5O)nn4)nn3)[C@H](O)[C@H](O)[C@@H]2O)nn1. The molecule has 3 aromatic rings. The highest BCUT2D eigenvalue weighted by Crippen LogP contribution is 2.38. The van der Waals surface area contributed by atoms with Crippen LogP contribution in [0.2, 0.25) is 0 Å². The molecule has 0 amide bonds. The average Bonchev–Trinajstić information content (AvgIpc) is 3.98. The van der Waals surface area contributed by atoms with Crippen molar-refractivity contribution in [1.29, 1.82) is 0 Å². The molecule has 3 aliphatic heterocycles. The van der Waals surface area contributed by atoms with E-state index in [-0.39, 0.29) is 32.9 Å². The normalized spacial score (nSPS) is 36.8. The Balaban J connectivity index is 0.972. The molecule has 0 aromatic carbocycles. The first-order valence-electron chi connectivity index (χ1n) is 17.5. The molecule has 3 aromatic heterocycles. The van der Waals surface area contributed by atoms with E-state index in [2.05, 4.69) is 30.9 Å². The molecule has 3 fully saturated rings. The Hall–Kier alpha value is -2.56. The Morgan fingerprint density at radius 1 is 0.709 bits per heavy atom. The van der Waals surface area contributed by atoms with Gasteiger partial charge < -0.3 is 69.3 Å². The summed E-state index contributed by atoms with van der Waals surface area (Å²) in [5.74, 6) is -2.59. The highest BCUT2D eigenvalue weighted by molar-refractivity contribution is 6.21. The fourth-order valence-corrected chi connectivity index (χ4v) is 6.88. The topological polar surface area (TPSA) is 309 Å². The van der Waals surface area contributed by atoms with Crippen molar-refractivity contribution in [3.05, 3.63) is 35.7 Å². The number of hydrogen-bond donors (Lipinski definition) is 8. The van der Waals surface area contributed by atoms with Crippen LogP contribution in [0.4, 0.5) is 0 Å². The number of alkyl halides is 2. The number of nitrogens with zero attached hydrogens (tertiary/aromatic N) is 9. The van der Waals surface area contributed by atoms with Gasteiger partial charge in [-0.25, -0.2) is 9.36 Å². The molecular weight excluding hydrogens is 781 g/mol. The second-order valence-corrected chi connectivity index (χ2v) is 14.2. The van der Waals surface area contributed by atoms with Gasteiger partial charge in [-0.3, -0.25) is 4.68 Å². The van der Waals surface area contributed by atoms with Gasteiger partial charge in [-0.05, 0) is 6.42 Å². The average molecular weight is 827 g/mol. The van der Waals surface area contributed by atoms with Gasteiger partial charge in [0.25, 0.3) is 0 Å². The molecule has 2 unspecified atom stereocenters. The molecule has 3 aliphatic rings. The van der Waals surface area contributed by atoms with Crippen LogP contribution in [0, 0.1) is 0 Å².